The Morgan fingerprint density at radius 3 is 2.68 bits per heavy atom. The highest BCUT2D eigenvalue weighted by molar-refractivity contribution is 7.99. The zero-order valence-electron chi connectivity index (χ0n) is 14.3. The highest BCUT2D eigenvalue weighted by atomic mass is 32.2. The van der Waals surface area contributed by atoms with E-state index in [1.807, 2.05) is 54.6 Å². The fraction of sp³-hybridized carbons (Fsp3) is 0.250. The van der Waals surface area contributed by atoms with Gasteiger partial charge in [0.05, 0.1) is 12.1 Å². The lowest BCUT2D eigenvalue weighted by Crippen LogP contribution is -2.38. The summed E-state index contributed by atoms with van der Waals surface area (Å²) < 4.78 is 1.13. The lowest BCUT2D eigenvalue weighted by Gasteiger charge is -2.22. The van der Waals surface area contributed by atoms with Crippen molar-refractivity contribution in [3.05, 3.63) is 65.0 Å². The first kappa shape index (κ1) is 18.0. The maximum absolute atomic E-state index is 12.6. The third-order valence-electron chi connectivity index (χ3n) is 3.98. The number of carbonyl (C=O) groups excluding carboxylic acids is 1. The molecular weight excluding hydrogens is 350 g/mol. The predicted molar refractivity (Wildman–Crippen MR) is 107 cm³/mol. The van der Waals surface area contributed by atoms with Crippen LogP contribution in [0.15, 0.2) is 59.5 Å². The summed E-state index contributed by atoms with van der Waals surface area (Å²) in [5.41, 5.74) is -0.451. The van der Waals surface area contributed by atoms with E-state index >= 15 is 0 Å². The molecule has 0 saturated heterocycles. The van der Waals surface area contributed by atoms with Crippen LogP contribution in [0, 0.1) is 0 Å². The summed E-state index contributed by atoms with van der Waals surface area (Å²) in [5.74, 6) is 0.752. The number of rotatable bonds is 6. The Bertz CT molecular complexity index is 853. The minimum Gasteiger partial charge on any atom is -0.383 e. The monoisotopic (exact) mass is 371 g/mol. The molecule has 0 aliphatic heterocycles. The topological polar surface area (TPSA) is 49.3 Å². The van der Waals surface area contributed by atoms with Crippen LogP contribution in [0.25, 0.3) is 10.1 Å². The largest absolute Gasteiger partial charge is 0.383 e. The summed E-state index contributed by atoms with van der Waals surface area (Å²) in [7, 11) is 0. The van der Waals surface area contributed by atoms with Gasteiger partial charge in [0, 0.05) is 14.5 Å². The first-order chi connectivity index (χ1) is 12.0. The Labute approximate surface area is 156 Å². The minimum atomic E-state index is -1.10. The summed E-state index contributed by atoms with van der Waals surface area (Å²) in [6, 6.07) is 17.6. The zero-order valence-corrected chi connectivity index (χ0v) is 15.9. The van der Waals surface area contributed by atoms with Gasteiger partial charge in [0.25, 0.3) is 5.91 Å². The van der Waals surface area contributed by atoms with Crippen LogP contribution in [-0.4, -0.2) is 23.3 Å². The molecule has 1 aromatic heterocycles. The summed E-state index contributed by atoms with van der Waals surface area (Å²) in [6.45, 7) is 3.97. The van der Waals surface area contributed by atoms with Gasteiger partial charge in [0.1, 0.15) is 5.60 Å². The molecule has 0 bridgehead atoms. The van der Waals surface area contributed by atoms with Crippen LogP contribution in [0.1, 0.15) is 29.1 Å². The van der Waals surface area contributed by atoms with E-state index in [0.29, 0.717) is 5.56 Å². The standard InChI is InChI=1S/C20H21NO2S2/c1-3-24-17-11-7-5-9-15(17)19(22)21-13-20(2,23)18-12-14-8-4-6-10-16(14)25-18/h4-12,23H,3,13H2,1-2H3,(H,21,22). The van der Waals surface area contributed by atoms with Gasteiger partial charge in [-0.3, -0.25) is 4.79 Å². The van der Waals surface area contributed by atoms with Gasteiger partial charge in [-0.05, 0) is 42.3 Å². The van der Waals surface area contributed by atoms with Crippen LogP contribution < -0.4 is 5.32 Å². The molecule has 2 aromatic carbocycles. The van der Waals surface area contributed by atoms with Crippen molar-refractivity contribution in [2.24, 2.45) is 0 Å². The number of hydrogen-bond acceptors (Lipinski definition) is 4. The Morgan fingerprint density at radius 2 is 1.92 bits per heavy atom. The second-order valence-corrected chi connectivity index (χ2v) is 8.42. The molecule has 0 aliphatic carbocycles. The van der Waals surface area contributed by atoms with Crippen LogP contribution in [-0.2, 0) is 5.60 Å². The Balaban J connectivity index is 1.74. The van der Waals surface area contributed by atoms with E-state index in [4.69, 9.17) is 0 Å². The van der Waals surface area contributed by atoms with Crippen molar-refractivity contribution in [1.82, 2.24) is 5.32 Å². The molecule has 1 atom stereocenters. The number of fused-ring (bicyclic) bond motifs is 1. The molecule has 3 rings (SSSR count). The Kier molecular flexibility index (Phi) is 5.47. The van der Waals surface area contributed by atoms with E-state index in [9.17, 15) is 9.90 Å². The molecular formula is C20H21NO2S2. The summed E-state index contributed by atoms with van der Waals surface area (Å²) in [4.78, 5) is 14.4. The smallest absolute Gasteiger partial charge is 0.252 e. The highest BCUT2D eigenvalue weighted by Gasteiger charge is 2.26. The molecule has 0 radical (unpaired) electrons. The molecule has 3 nitrogen and oxygen atoms in total. The van der Waals surface area contributed by atoms with Gasteiger partial charge in [-0.25, -0.2) is 0 Å². The van der Waals surface area contributed by atoms with Gasteiger partial charge in [0.2, 0.25) is 0 Å². The van der Waals surface area contributed by atoms with E-state index in [2.05, 4.69) is 12.2 Å². The van der Waals surface area contributed by atoms with Crippen LogP contribution in [0.2, 0.25) is 0 Å². The Hall–Kier alpha value is -1.82. The Morgan fingerprint density at radius 1 is 1.20 bits per heavy atom. The second kappa shape index (κ2) is 7.60. The molecule has 1 unspecified atom stereocenters. The number of benzene rings is 2. The quantitative estimate of drug-likeness (QED) is 0.620. The van der Waals surface area contributed by atoms with E-state index in [1.54, 1.807) is 30.0 Å². The van der Waals surface area contributed by atoms with E-state index in [-0.39, 0.29) is 12.5 Å². The molecule has 0 saturated carbocycles. The molecule has 5 heteroatoms. The van der Waals surface area contributed by atoms with E-state index < -0.39 is 5.60 Å². The molecule has 25 heavy (non-hydrogen) atoms. The number of carbonyl (C=O) groups is 1. The van der Waals surface area contributed by atoms with Gasteiger partial charge in [-0.15, -0.1) is 23.1 Å². The van der Waals surface area contributed by atoms with Crippen molar-refractivity contribution in [3.8, 4) is 0 Å². The minimum absolute atomic E-state index is 0.155. The second-order valence-electron chi connectivity index (χ2n) is 6.03. The van der Waals surface area contributed by atoms with Gasteiger partial charge in [-0.2, -0.15) is 0 Å². The van der Waals surface area contributed by atoms with Crippen LogP contribution in [0.5, 0.6) is 0 Å². The lowest BCUT2D eigenvalue weighted by atomic mass is 10.0. The van der Waals surface area contributed by atoms with E-state index in [1.165, 1.54) is 0 Å². The fourth-order valence-corrected chi connectivity index (χ4v) is 4.53. The average Bonchev–Trinajstić information content (AvgIpc) is 3.06. The first-order valence-corrected chi connectivity index (χ1v) is 10.0. The van der Waals surface area contributed by atoms with Crippen LogP contribution in [0.3, 0.4) is 0 Å². The number of hydrogen-bond donors (Lipinski definition) is 2. The summed E-state index contributed by atoms with van der Waals surface area (Å²) in [6.07, 6.45) is 0. The SMILES string of the molecule is CCSc1ccccc1C(=O)NCC(C)(O)c1cc2ccccc2s1. The molecule has 1 amide bonds. The maximum Gasteiger partial charge on any atom is 0.252 e. The zero-order chi connectivity index (χ0) is 17.9. The first-order valence-electron chi connectivity index (χ1n) is 8.23. The lowest BCUT2D eigenvalue weighted by molar-refractivity contribution is 0.0556. The normalized spacial score (nSPS) is 13.6. The van der Waals surface area contributed by atoms with Crippen molar-refractivity contribution in [3.63, 3.8) is 0 Å². The maximum atomic E-state index is 12.6. The van der Waals surface area contributed by atoms with Crippen molar-refractivity contribution in [2.45, 2.75) is 24.3 Å². The van der Waals surface area contributed by atoms with Gasteiger partial charge in [-0.1, -0.05) is 37.3 Å². The van der Waals surface area contributed by atoms with Gasteiger partial charge < -0.3 is 10.4 Å². The predicted octanol–water partition coefficient (Wildman–Crippen LogP) is 4.65. The van der Waals surface area contributed by atoms with Gasteiger partial charge >= 0.3 is 0 Å². The molecule has 0 fully saturated rings. The number of nitrogens with one attached hydrogen (secondary N) is 1. The number of amides is 1. The molecule has 3 aromatic rings. The molecule has 0 aliphatic rings. The third-order valence-corrected chi connectivity index (χ3v) is 6.31. The van der Waals surface area contributed by atoms with Crippen molar-refractivity contribution in [1.29, 1.82) is 0 Å². The molecule has 0 spiro atoms. The number of aliphatic hydroxyl groups is 1. The summed E-state index contributed by atoms with van der Waals surface area (Å²) in [5, 5.41) is 14.8. The van der Waals surface area contributed by atoms with Crippen LogP contribution >= 0.6 is 23.1 Å². The molecule has 130 valence electrons. The fourth-order valence-electron chi connectivity index (χ4n) is 2.62. The number of thioether (sulfide) groups is 1. The average molecular weight is 372 g/mol. The van der Waals surface area contributed by atoms with E-state index in [0.717, 1.165) is 25.6 Å². The number of thiophene rings is 1. The molecule has 2 N–H and O–H groups in total. The third kappa shape index (κ3) is 4.06. The summed E-state index contributed by atoms with van der Waals surface area (Å²) >= 11 is 3.20. The van der Waals surface area contributed by atoms with Crippen LogP contribution in [0.4, 0.5) is 0 Å². The van der Waals surface area contributed by atoms with Gasteiger partial charge in [0.15, 0.2) is 0 Å². The van der Waals surface area contributed by atoms with Crippen molar-refractivity contribution < 1.29 is 9.90 Å². The highest BCUT2D eigenvalue weighted by Crippen LogP contribution is 2.33. The van der Waals surface area contributed by atoms with Crippen molar-refractivity contribution in [2.75, 3.05) is 12.3 Å². The molecule has 1 heterocycles. The van der Waals surface area contributed by atoms with Crippen molar-refractivity contribution >= 4 is 39.1 Å².